The monoisotopic (exact) mass is 376 g/mol. The molecule has 3 aromatic heterocycles. The van der Waals surface area contributed by atoms with E-state index in [4.69, 9.17) is 9.15 Å². The molecule has 0 N–H and O–H groups in total. The molecular formula is C18H15F3N4O2. The van der Waals surface area contributed by atoms with Crippen LogP contribution in [0.5, 0.6) is 0 Å². The predicted octanol–water partition coefficient (Wildman–Crippen LogP) is 3.73. The van der Waals surface area contributed by atoms with Crippen molar-refractivity contribution in [2.75, 3.05) is 24.6 Å². The van der Waals surface area contributed by atoms with Crippen LogP contribution in [-0.4, -0.2) is 34.6 Å². The highest BCUT2D eigenvalue weighted by molar-refractivity contribution is 5.57. The summed E-state index contributed by atoms with van der Waals surface area (Å²) in [5.41, 5.74) is -0.520. The molecule has 0 aromatic carbocycles. The smallest absolute Gasteiger partial charge is 0.433 e. The molecule has 4 rings (SSSR count). The zero-order valence-corrected chi connectivity index (χ0v) is 14.1. The van der Waals surface area contributed by atoms with Crippen molar-refractivity contribution in [3.63, 3.8) is 0 Å². The van der Waals surface area contributed by atoms with Crippen molar-refractivity contribution in [3.05, 3.63) is 60.4 Å². The van der Waals surface area contributed by atoms with E-state index in [1.165, 1.54) is 18.7 Å². The SMILES string of the molecule is FC(F)(F)c1cc(N2CCOC(c3ccco3)C2)nc(-c2ccncc2)n1. The fourth-order valence-corrected chi connectivity index (χ4v) is 2.88. The van der Waals surface area contributed by atoms with Crippen molar-refractivity contribution >= 4 is 5.82 Å². The lowest BCUT2D eigenvalue weighted by atomic mass is 10.2. The number of morpholine rings is 1. The minimum absolute atomic E-state index is 0.00302. The van der Waals surface area contributed by atoms with Crippen LogP contribution in [0.15, 0.2) is 53.4 Å². The summed E-state index contributed by atoms with van der Waals surface area (Å²) in [4.78, 5) is 13.7. The van der Waals surface area contributed by atoms with Gasteiger partial charge in [0.2, 0.25) is 0 Å². The summed E-state index contributed by atoms with van der Waals surface area (Å²) in [6.45, 7) is 1.10. The first-order chi connectivity index (χ1) is 13.0. The van der Waals surface area contributed by atoms with Crippen molar-refractivity contribution in [1.29, 1.82) is 0 Å². The number of nitrogens with zero attached hydrogens (tertiary/aromatic N) is 4. The number of pyridine rings is 1. The molecule has 0 spiro atoms. The van der Waals surface area contributed by atoms with Crippen LogP contribution < -0.4 is 4.90 Å². The highest BCUT2D eigenvalue weighted by Crippen LogP contribution is 2.33. The van der Waals surface area contributed by atoms with Crippen molar-refractivity contribution in [3.8, 4) is 11.4 Å². The predicted molar refractivity (Wildman–Crippen MR) is 89.9 cm³/mol. The van der Waals surface area contributed by atoms with Gasteiger partial charge in [-0.15, -0.1) is 0 Å². The van der Waals surface area contributed by atoms with Crippen LogP contribution in [0, 0.1) is 0 Å². The van der Waals surface area contributed by atoms with Gasteiger partial charge in [-0.3, -0.25) is 4.98 Å². The Morgan fingerprint density at radius 1 is 1.11 bits per heavy atom. The Kier molecular flexibility index (Phi) is 4.53. The molecule has 6 nitrogen and oxygen atoms in total. The lowest BCUT2D eigenvalue weighted by molar-refractivity contribution is -0.141. The summed E-state index contributed by atoms with van der Waals surface area (Å²) < 4.78 is 51.1. The van der Waals surface area contributed by atoms with E-state index < -0.39 is 11.9 Å². The number of anilines is 1. The van der Waals surface area contributed by atoms with Gasteiger partial charge in [-0.1, -0.05) is 0 Å². The van der Waals surface area contributed by atoms with E-state index in [9.17, 15) is 13.2 Å². The molecule has 0 aliphatic carbocycles. The maximum atomic E-state index is 13.4. The number of halogens is 3. The van der Waals surface area contributed by atoms with Crippen molar-refractivity contribution in [2.45, 2.75) is 12.3 Å². The maximum Gasteiger partial charge on any atom is 0.433 e. The molecule has 1 unspecified atom stereocenters. The molecule has 0 radical (unpaired) electrons. The molecule has 1 aliphatic rings. The van der Waals surface area contributed by atoms with Crippen LogP contribution in [0.1, 0.15) is 17.6 Å². The highest BCUT2D eigenvalue weighted by Gasteiger charge is 2.35. The van der Waals surface area contributed by atoms with Crippen molar-refractivity contribution in [1.82, 2.24) is 15.0 Å². The average molecular weight is 376 g/mol. The lowest BCUT2D eigenvalue weighted by Gasteiger charge is -2.33. The second-order valence-electron chi connectivity index (χ2n) is 5.99. The molecule has 140 valence electrons. The maximum absolute atomic E-state index is 13.4. The first-order valence-electron chi connectivity index (χ1n) is 8.27. The van der Waals surface area contributed by atoms with Crippen LogP contribution >= 0.6 is 0 Å². The van der Waals surface area contributed by atoms with Crippen molar-refractivity contribution in [2.24, 2.45) is 0 Å². The Morgan fingerprint density at radius 2 is 1.93 bits per heavy atom. The number of furan rings is 1. The molecule has 0 bridgehead atoms. The van der Waals surface area contributed by atoms with Gasteiger partial charge < -0.3 is 14.1 Å². The summed E-state index contributed by atoms with van der Waals surface area (Å²) in [5, 5.41) is 0. The van der Waals surface area contributed by atoms with E-state index in [1.54, 1.807) is 29.2 Å². The molecule has 1 saturated heterocycles. The Hall–Kier alpha value is -2.94. The summed E-state index contributed by atoms with van der Waals surface area (Å²) in [6, 6.07) is 7.63. The largest absolute Gasteiger partial charge is 0.467 e. The van der Waals surface area contributed by atoms with E-state index in [2.05, 4.69) is 15.0 Å². The fourth-order valence-electron chi connectivity index (χ4n) is 2.88. The summed E-state index contributed by atoms with van der Waals surface area (Å²) >= 11 is 0. The highest BCUT2D eigenvalue weighted by atomic mass is 19.4. The van der Waals surface area contributed by atoms with Gasteiger partial charge >= 0.3 is 6.18 Å². The van der Waals surface area contributed by atoms with Crippen LogP contribution in [0.3, 0.4) is 0 Å². The van der Waals surface area contributed by atoms with E-state index in [-0.39, 0.29) is 17.7 Å². The third-order valence-electron chi connectivity index (χ3n) is 4.19. The molecule has 4 heterocycles. The van der Waals surface area contributed by atoms with E-state index >= 15 is 0 Å². The number of rotatable bonds is 3. The molecule has 27 heavy (non-hydrogen) atoms. The van der Waals surface area contributed by atoms with Gasteiger partial charge in [0, 0.05) is 30.6 Å². The lowest BCUT2D eigenvalue weighted by Crippen LogP contribution is -2.39. The Bertz CT molecular complexity index is 901. The number of aromatic nitrogens is 3. The number of ether oxygens (including phenoxy) is 1. The average Bonchev–Trinajstić information content (AvgIpc) is 3.23. The zero-order chi connectivity index (χ0) is 18.9. The molecule has 9 heteroatoms. The van der Waals surface area contributed by atoms with Gasteiger partial charge in [0.1, 0.15) is 17.7 Å². The number of alkyl halides is 3. The first-order valence-corrected chi connectivity index (χ1v) is 8.27. The molecule has 3 aromatic rings. The minimum Gasteiger partial charge on any atom is -0.467 e. The number of hydrogen-bond donors (Lipinski definition) is 0. The first kappa shape index (κ1) is 17.5. The van der Waals surface area contributed by atoms with Gasteiger partial charge in [0.25, 0.3) is 0 Å². The quantitative estimate of drug-likeness (QED) is 0.694. The van der Waals surface area contributed by atoms with Crippen LogP contribution in [0.2, 0.25) is 0 Å². The topological polar surface area (TPSA) is 64.3 Å². The molecule has 0 amide bonds. The molecular weight excluding hydrogens is 361 g/mol. The summed E-state index contributed by atoms with van der Waals surface area (Å²) in [7, 11) is 0. The molecule has 1 atom stereocenters. The van der Waals surface area contributed by atoms with Crippen LogP contribution in [-0.2, 0) is 10.9 Å². The normalized spacial score (nSPS) is 17.9. The summed E-state index contributed by atoms with van der Waals surface area (Å²) in [6.07, 6.45) is -0.444. The Balaban J connectivity index is 1.71. The van der Waals surface area contributed by atoms with E-state index in [0.29, 0.717) is 31.0 Å². The van der Waals surface area contributed by atoms with Gasteiger partial charge in [-0.2, -0.15) is 13.2 Å². The molecule has 1 aliphatic heterocycles. The van der Waals surface area contributed by atoms with E-state index in [1.807, 2.05) is 0 Å². The standard InChI is InChI=1S/C18H15F3N4O2/c19-18(20,21)15-10-16(24-17(23-15)12-3-5-22-6-4-12)25-7-9-27-14(11-25)13-2-1-8-26-13/h1-6,8,10,14H,7,9,11H2. The van der Waals surface area contributed by atoms with Crippen LogP contribution in [0.4, 0.5) is 19.0 Å². The second kappa shape index (κ2) is 6.99. The third-order valence-corrected chi connectivity index (χ3v) is 4.19. The zero-order valence-electron chi connectivity index (χ0n) is 14.1. The summed E-state index contributed by atoms with van der Waals surface area (Å²) in [5.74, 6) is 0.825. The van der Waals surface area contributed by atoms with Gasteiger partial charge in [-0.25, -0.2) is 9.97 Å². The minimum atomic E-state index is -4.58. The van der Waals surface area contributed by atoms with E-state index in [0.717, 1.165) is 6.07 Å². The number of hydrogen-bond acceptors (Lipinski definition) is 6. The third kappa shape index (κ3) is 3.77. The van der Waals surface area contributed by atoms with Crippen LogP contribution in [0.25, 0.3) is 11.4 Å². The molecule has 1 fully saturated rings. The molecule has 0 saturated carbocycles. The van der Waals surface area contributed by atoms with Gasteiger partial charge in [0.15, 0.2) is 11.5 Å². The fraction of sp³-hybridized carbons (Fsp3) is 0.278. The Morgan fingerprint density at radius 3 is 2.63 bits per heavy atom. The van der Waals surface area contributed by atoms with Crippen molar-refractivity contribution < 1.29 is 22.3 Å². The van der Waals surface area contributed by atoms with Gasteiger partial charge in [0.05, 0.1) is 19.4 Å². The second-order valence-corrected chi connectivity index (χ2v) is 5.99. The van der Waals surface area contributed by atoms with Gasteiger partial charge in [-0.05, 0) is 24.3 Å². The Labute approximate surface area is 152 Å².